The molecule has 0 spiro atoms. The smallest absolute Gasteiger partial charge is 0.0637 e. The van der Waals surface area contributed by atoms with Gasteiger partial charge in [0, 0.05) is 6.04 Å². The van der Waals surface area contributed by atoms with Gasteiger partial charge in [-0.1, -0.05) is 29.8 Å². The first-order chi connectivity index (χ1) is 9.38. The minimum Gasteiger partial charge on any atom is -0.377 e. The summed E-state index contributed by atoms with van der Waals surface area (Å²) in [4.78, 5) is 0. The third-order valence-electron chi connectivity index (χ3n) is 3.84. The predicted molar refractivity (Wildman–Crippen MR) is 88.9 cm³/mol. The van der Waals surface area contributed by atoms with Crippen LogP contribution in [0.25, 0.3) is 0 Å². The highest BCUT2D eigenvalue weighted by molar-refractivity contribution is 6.33. The van der Waals surface area contributed by atoms with Crippen LogP contribution in [-0.2, 0) is 0 Å². The van der Waals surface area contributed by atoms with E-state index in [1.54, 1.807) is 0 Å². The number of halogens is 1. The van der Waals surface area contributed by atoms with Gasteiger partial charge in [0.1, 0.15) is 0 Å². The Hall–Kier alpha value is -1.47. The Bertz CT molecular complexity index is 632. The van der Waals surface area contributed by atoms with E-state index < -0.39 is 0 Å². The number of aryl methyl sites for hydroxylation is 4. The molecule has 1 unspecified atom stereocenters. The van der Waals surface area contributed by atoms with Crippen molar-refractivity contribution < 1.29 is 0 Å². The summed E-state index contributed by atoms with van der Waals surface area (Å²) >= 11 is 6.26. The van der Waals surface area contributed by atoms with Crippen LogP contribution in [0, 0.1) is 27.7 Å². The number of benzene rings is 2. The molecule has 2 rings (SSSR count). The Morgan fingerprint density at radius 3 is 2.25 bits per heavy atom. The van der Waals surface area contributed by atoms with Gasteiger partial charge >= 0.3 is 0 Å². The minimum atomic E-state index is 0.230. The van der Waals surface area contributed by atoms with E-state index in [-0.39, 0.29) is 6.04 Å². The van der Waals surface area contributed by atoms with Crippen molar-refractivity contribution in [2.75, 3.05) is 5.32 Å². The first-order valence-corrected chi connectivity index (χ1v) is 7.36. The standard InChI is InChI=1S/C18H22ClN/c1-11-6-7-17(19)18(8-11)20-15(5)16-10-13(3)12(2)9-14(16)4/h6-10,15,20H,1-5H3. The van der Waals surface area contributed by atoms with Crippen LogP contribution < -0.4 is 5.32 Å². The Morgan fingerprint density at radius 1 is 0.900 bits per heavy atom. The molecule has 0 saturated heterocycles. The fourth-order valence-electron chi connectivity index (χ4n) is 2.51. The lowest BCUT2D eigenvalue weighted by molar-refractivity contribution is 0.870. The summed E-state index contributed by atoms with van der Waals surface area (Å²) in [5, 5.41) is 4.29. The van der Waals surface area contributed by atoms with Gasteiger partial charge in [0.25, 0.3) is 0 Å². The van der Waals surface area contributed by atoms with E-state index >= 15 is 0 Å². The topological polar surface area (TPSA) is 12.0 Å². The van der Waals surface area contributed by atoms with Gasteiger partial charge in [-0.05, 0) is 74.6 Å². The third-order valence-corrected chi connectivity index (χ3v) is 4.17. The quantitative estimate of drug-likeness (QED) is 0.758. The predicted octanol–water partition coefficient (Wildman–Crippen LogP) is 5.75. The van der Waals surface area contributed by atoms with Crippen molar-refractivity contribution in [1.82, 2.24) is 0 Å². The summed E-state index contributed by atoms with van der Waals surface area (Å²) in [6.07, 6.45) is 0. The minimum absolute atomic E-state index is 0.230. The lowest BCUT2D eigenvalue weighted by atomic mass is 9.96. The zero-order chi connectivity index (χ0) is 14.9. The van der Waals surface area contributed by atoms with Gasteiger partial charge in [0.05, 0.1) is 10.7 Å². The second-order valence-corrected chi connectivity index (χ2v) is 6.05. The summed E-state index contributed by atoms with van der Waals surface area (Å²) in [6.45, 7) is 10.7. The Labute approximate surface area is 127 Å². The van der Waals surface area contributed by atoms with Crippen LogP contribution in [0.2, 0.25) is 5.02 Å². The van der Waals surface area contributed by atoms with E-state index in [2.05, 4.69) is 58.1 Å². The second-order valence-electron chi connectivity index (χ2n) is 5.64. The molecular formula is C18H22ClN. The van der Waals surface area contributed by atoms with Gasteiger partial charge in [-0.25, -0.2) is 0 Å². The van der Waals surface area contributed by atoms with E-state index in [1.807, 2.05) is 12.1 Å². The molecule has 0 aliphatic heterocycles. The van der Waals surface area contributed by atoms with E-state index in [0.717, 1.165) is 10.7 Å². The largest absolute Gasteiger partial charge is 0.377 e. The first kappa shape index (κ1) is 14.9. The molecule has 0 bridgehead atoms. The van der Waals surface area contributed by atoms with Crippen molar-refractivity contribution in [1.29, 1.82) is 0 Å². The van der Waals surface area contributed by atoms with Gasteiger partial charge in [-0.3, -0.25) is 0 Å². The van der Waals surface area contributed by atoms with E-state index in [1.165, 1.54) is 27.8 Å². The maximum absolute atomic E-state index is 6.26. The van der Waals surface area contributed by atoms with Crippen LogP contribution in [0.5, 0.6) is 0 Å². The molecule has 1 atom stereocenters. The Balaban J connectivity index is 2.30. The van der Waals surface area contributed by atoms with Crippen LogP contribution in [-0.4, -0.2) is 0 Å². The van der Waals surface area contributed by atoms with Gasteiger partial charge in [-0.2, -0.15) is 0 Å². The summed E-state index contributed by atoms with van der Waals surface area (Å²) in [5.74, 6) is 0. The Morgan fingerprint density at radius 2 is 1.55 bits per heavy atom. The average molecular weight is 288 g/mol. The number of rotatable bonds is 3. The van der Waals surface area contributed by atoms with Crippen LogP contribution >= 0.6 is 11.6 Å². The maximum atomic E-state index is 6.26. The SMILES string of the molecule is Cc1ccc(Cl)c(NC(C)c2cc(C)c(C)cc2C)c1. The molecule has 2 heteroatoms. The van der Waals surface area contributed by atoms with Gasteiger partial charge in [0.2, 0.25) is 0 Å². The van der Waals surface area contributed by atoms with Crippen molar-refractivity contribution in [2.24, 2.45) is 0 Å². The number of nitrogens with one attached hydrogen (secondary N) is 1. The van der Waals surface area contributed by atoms with Crippen molar-refractivity contribution in [3.8, 4) is 0 Å². The molecule has 0 saturated carbocycles. The highest BCUT2D eigenvalue weighted by Gasteiger charge is 2.11. The van der Waals surface area contributed by atoms with Crippen LogP contribution in [0.15, 0.2) is 30.3 Å². The molecule has 0 aliphatic carbocycles. The highest BCUT2D eigenvalue weighted by Crippen LogP contribution is 2.29. The molecule has 0 amide bonds. The summed E-state index contributed by atoms with van der Waals surface area (Å²) in [7, 11) is 0. The molecule has 2 aromatic carbocycles. The lowest BCUT2D eigenvalue weighted by Gasteiger charge is -2.20. The summed E-state index contributed by atoms with van der Waals surface area (Å²) in [6, 6.07) is 10.8. The molecule has 1 N–H and O–H groups in total. The number of anilines is 1. The third kappa shape index (κ3) is 3.16. The molecule has 20 heavy (non-hydrogen) atoms. The van der Waals surface area contributed by atoms with Crippen molar-refractivity contribution in [2.45, 2.75) is 40.7 Å². The van der Waals surface area contributed by atoms with Crippen molar-refractivity contribution in [3.63, 3.8) is 0 Å². The first-order valence-electron chi connectivity index (χ1n) is 6.99. The van der Waals surface area contributed by atoms with Crippen LogP contribution in [0.1, 0.15) is 40.8 Å². The van der Waals surface area contributed by atoms with Gasteiger partial charge < -0.3 is 5.32 Å². The fourth-order valence-corrected chi connectivity index (χ4v) is 2.68. The van der Waals surface area contributed by atoms with Crippen molar-refractivity contribution in [3.05, 3.63) is 63.2 Å². The second kappa shape index (κ2) is 5.88. The highest BCUT2D eigenvalue weighted by atomic mass is 35.5. The van der Waals surface area contributed by atoms with E-state index in [9.17, 15) is 0 Å². The number of hydrogen-bond acceptors (Lipinski definition) is 1. The van der Waals surface area contributed by atoms with E-state index in [4.69, 9.17) is 11.6 Å². The molecule has 0 aliphatic rings. The summed E-state index contributed by atoms with van der Waals surface area (Å²) in [5.41, 5.74) is 7.52. The molecular weight excluding hydrogens is 266 g/mol. The number of hydrogen-bond donors (Lipinski definition) is 1. The monoisotopic (exact) mass is 287 g/mol. The molecule has 106 valence electrons. The molecule has 1 nitrogen and oxygen atoms in total. The zero-order valence-electron chi connectivity index (χ0n) is 12.8. The maximum Gasteiger partial charge on any atom is 0.0637 e. The van der Waals surface area contributed by atoms with Gasteiger partial charge in [0.15, 0.2) is 0 Å². The molecule has 0 heterocycles. The normalized spacial score (nSPS) is 12.3. The van der Waals surface area contributed by atoms with Crippen LogP contribution in [0.3, 0.4) is 0 Å². The molecule has 0 radical (unpaired) electrons. The Kier molecular flexibility index (Phi) is 4.39. The van der Waals surface area contributed by atoms with Crippen molar-refractivity contribution >= 4 is 17.3 Å². The molecule has 0 fully saturated rings. The molecule has 2 aromatic rings. The fraction of sp³-hybridized carbons (Fsp3) is 0.333. The van der Waals surface area contributed by atoms with Gasteiger partial charge in [-0.15, -0.1) is 0 Å². The average Bonchev–Trinajstić information content (AvgIpc) is 2.38. The lowest BCUT2D eigenvalue weighted by Crippen LogP contribution is -2.09. The zero-order valence-corrected chi connectivity index (χ0v) is 13.6. The van der Waals surface area contributed by atoms with E-state index in [0.29, 0.717) is 0 Å². The molecule has 0 aromatic heterocycles. The summed E-state index contributed by atoms with van der Waals surface area (Å²) < 4.78 is 0. The van der Waals surface area contributed by atoms with Crippen LogP contribution in [0.4, 0.5) is 5.69 Å².